The molecular weight excluding hydrogens is 326 g/mol. The van der Waals surface area contributed by atoms with Crippen LogP contribution in [0.5, 0.6) is 0 Å². The second-order valence-corrected chi connectivity index (χ2v) is 5.83. The number of hydrogen-bond acceptors (Lipinski definition) is 4. The topological polar surface area (TPSA) is 58.4 Å². The maximum Gasteiger partial charge on any atom is 0.354 e. The molecule has 24 heavy (non-hydrogen) atoms. The number of aliphatic hydroxyl groups is 1. The van der Waals surface area contributed by atoms with Crippen LogP contribution < -0.4 is 10.6 Å². The number of nitrogens with zero attached hydrogens (tertiary/aromatic N) is 3. The molecule has 124 valence electrons. The number of anilines is 1. The van der Waals surface area contributed by atoms with E-state index >= 15 is 0 Å². The van der Waals surface area contributed by atoms with Gasteiger partial charge in [-0.2, -0.15) is 4.98 Å². The van der Waals surface area contributed by atoms with Crippen molar-refractivity contribution in [3.63, 3.8) is 0 Å². The molecule has 0 bridgehead atoms. The van der Waals surface area contributed by atoms with Gasteiger partial charge in [0.2, 0.25) is 0 Å². The molecule has 1 aromatic heterocycles. The molecule has 1 saturated heterocycles. The summed E-state index contributed by atoms with van der Waals surface area (Å²) in [4.78, 5) is 19.0. The van der Waals surface area contributed by atoms with Crippen molar-refractivity contribution >= 4 is 28.3 Å². The molecule has 0 atom stereocenters. The molecule has 1 N–H and O–H groups in total. The minimum atomic E-state index is -0.275. The van der Waals surface area contributed by atoms with Crippen LogP contribution in [0.3, 0.4) is 0 Å². The van der Waals surface area contributed by atoms with Gasteiger partial charge in [-0.15, -0.1) is 0 Å². The van der Waals surface area contributed by atoms with E-state index in [9.17, 15) is 4.79 Å². The predicted octanol–water partition coefficient (Wildman–Crippen LogP) is 2.86. The second-order valence-electron chi connectivity index (χ2n) is 5.39. The fraction of sp³-hybridized carbons (Fsp3) is 0.222. The Balaban J connectivity index is 0.000000815. The highest BCUT2D eigenvalue weighted by molar-refractivity contribution is 6.31. The molecule has 3 aromatic rings. The maximum absolute atomic E-state index is 12.6. The van der Waals surface area contributed by atoms with Crippen LogP contribution in [-0.2, 0) is 0 Å². The van der Waals surface area contributed by atoms with E-state index in [2.05, 4.69) is 9.88 Å². The van der Waals surface area contributed by atoms with Crippen LogP contribution in [0, 0.1) is 0 Å². The Bertz CT molecular complexity index is 905. The average Bonchev–Trinajstić information content (AvgIpc) is 2.56. The number of hydrogen-bond donors (Lipinski definition) is 1. The molecule has 2 heterocycles. The summed E-state index contributed by atoms with van der Waals surface area (Å²) in [6.45, 7) is 1.89. The van der Waals surface area contributed by atoms with Gasteiger partial charge in [0.1, 0.15) is 5.82 Å². The molecule has 1 aliphatic rings. The summed E-state index contributed by atoms with van der Waals surface area (Å²) in [5, 5.41) is 8.56. The van der Waals surface area contributed by atoms with Crippen molar-refractivity contribution in [3.05, 3.63) is 64.0 Å². The van der Waals surface area contributed by atoms with Crippen LogP contribution in [0.2, 0.25) is 5.02 Å². The summed E-state index contributed by atoms with van der Waals surface area (Å²) in [5.74, 6) is 0.759. The Labute approximate surface area is 144 Å². The number of halogens is 1. The van der Waals surface area contributed by atoms with Crippen molar-refractivity contribution in [2.75, 3.05) is 25.1 Å². The average molecular weight is 344 g/mol. The van der Waals surface area contributed by atoms with Gasteiger partial charge in [0, 0.05) is 30.6 Å². The Morgan fingerprint density at radius 2 is 1.79 bits per heavy atom. The lowest BCUT2D eigenvalue weighted by atomic mass is 10.1. The highest BCUT2D eigenvalue weighted by Gasteiger charge is 2.21. The first-order valence-electron chi connectivity index (χ1n) is 7.71. The van der Waals surface area contributed by atoms with Gasteiger partial charge in [0.15, 0.2) is 0 Å². The normalized spacial score (nSPS) is 13.2. The number of para-hydroxylation sites is 1. The quantitative estimate of drug-likeness (QED) is 0.777. The van der Waals surface area contributed by atoms with Crippen molar-refractivity contribution in [1.82, 2.24) is 9.55 Å². The Morgan fingerprint density at radius 3 is 2.42 bits per heavy atom. The number of benzene rings is 2. The van der Waals surface area contributed by atoms with Gasteiger partial charge >= 0.3 is 5.69 Å². The highest BCUT2D eigenvalue weighted by atomic mass is 35.5. The maximum atomic E-state index is 12.6. The standard InChI is InChI=1S/C17H14ClN3O.CH4O/c18-12-7-8-14-15(11-12)21(13-5-2-1-3-6-13)17(22)19-16(14)20-9-4-10-20;1-2/h1-3,5-8,11H,4,9-10H2;2H,1H3. The van der Waals surface area contributed by atoms with E-state index in [1.165, 1.54) is 0 Å². The summed E-state index contributed by atoms with van der Waals surface area (Å²) in [6.07, 6.45) is 1.14. The van der Waals surface area contributed by atoms with Crippen molar-refractivity contribution in [2.45, 2.75) is 6.42 Å². The van der Waals surface area contributed by atoms with Gasteiger partial charge in [0.05, 0.1) is 11.2 Å². The minimum Gasteiger partial charge on any atom is -0.400 e. The third-order valence-electron chi connectivity index (χ3n) is 4.00. The van der Waals surface area contributed by atoms with Crippen molar-refractivity contribution in [1.29, 1.82) is 0 Å². The molecule has 0 saturated carbocycles. The van der Waals surface area contributed by atoms with E-state index in [-0.39, 0.29) is 5.69 Å². The fourth-order valence-electron chi connectivity index (χ4n) is 2.78. The second kappa shape index (κ2) is 7.03. The first-order valence-corrected chi connectivity index (χ1v) is 8.09. The lowest BCUT2D eigenvalue weighted by Gasteiger charge is -2.33. The lowest BCUT2D eigenvalue weighted by Crippen LogP contribution is -2.39. The summed E-state index contributed by atoms with van der Waals surface area (Å²) < 4.78 is 1.62. The fourth-order valence-corrected chi connectivity index (χ4v) is 2.94. The predicted molar refractivity (Wildman–Crippen MR) is 97.3 cm³/mol. The van der Waals surface area contributed by atoms with E-state index in [0.717, 1.165) is 49.0 Å². The zero-order valence-electron chi connectivity index (χ0n) is 13.3. The molecule has 2 aromatic carbocycles. The highest BCUT2D eigenvalue weighted by Crippen LogP contribution is 2.29. The van der Waals surface area contributed by atoms with E-state index in [4.69, 9.17) is 16.7 Å². The Hall–Kier alpha value is -2.37. The molecule has 4 rings (SSSR count). The number of aliphatic hydroxyl groups excluding tert-OH is 1. The largest absolute Gasteiger partial charge is 0.400 e. The van der Waals surface area contributed by atoms with Crippen LogP contribution in [0.1, 0.15) is 6.42 Å². The third kappa shape index (κ3) is 2.88. The summed E-state index contributed by atoms with van der Waals surface area (Å²) in [7, 11) is 1.00. The molecule has 0 radical (unpaired) electrons. The monoisotopic (exact) mass is 343 g/mol. The molecule has 1 aliphatic heterocycles. The Morgan fingerprint density at radius 1 is 1.08 bits per heavy atom. The summed E-state index contributed by atoms with van der Waals surface area (Å²) in [5.41, 5.74) is 1.31. The van der Waals surface area contributed by atoms with Crippen LogP contribution >= 0.6 is 11.6 Å². The molecule has 6 heteroatoms. The third-order valence-corrected chi connectivity index (χ3v) is 4.24. The van der Waals surface area contributed by atoms with E-state index in [0.29, 0.717) is 5.02 Å². The van der Waals surface area contributed by atoms with Crippen molar-refractivity contribution in [3.8, 4) is 5.69 Å². The number of aromatic nitrogens is 2. The number of fused-ring (bicyclic) bond motifs is 1. The van der Waals surface area contributed by atoms with Crippen LogP contribution in [0.25, 0.3) is 16.6 Å². The smallest absolute Gasteiger partial charge is 0.354 e. The molecule has 5 nitrogen and oxygen atoms in total. The lowest BCUT2D eigenvalue weighted by molar-refractivity contribution is 0.399. The molecule has 0 unspecified atom stereocenters. The molecular formula is C18H18ClN3O2. The summed E-state index contributed by atoms with van der Waals surface area (Å²) >= 11 is 6.16. The van der Waals surface area contributed by atoms with E-state index in [1.807, 2.05) is 48.5 Å². The van der Waals surface area contributed by atoms with Gasteiger partial charge in [-0.05, 0) is 36.8 Å². The first kappa shape index (κ1) is 16.5. The van der Waals surface area contributed by atoms with Crippen molar-refractivity contribution in [2.24, 2.45) is 0 Å². The zero-order chi connectivity index (χ0) is 17.1. The van der Waals surface area contributed by atoms with Crippen LogP contribution in [0.4, 0.5) is 5.82 Å². The molecule has 0 spiro atoms. The molecule has 1 fully saturated rings. The van der Waals surface area contributed by atoms with Gasteiger partial charge < -0.3 is 10.0 Å². The number of rotatable bonds is 2. The molecule has 0 amide bonds. The van der Waals surface area contributed by atoms with E-state index in [1.54, 1.807) is 4.57 Å². The minimum absolute atomic E-state index is 0.275. The van der Waals surface area contributed by atoms with Gasteiger partial charge in [-0.25, -0.2) is 4.79 Å². The van der Waals surface area contributed by atoms with Crippen LogP contribution in [0.15, 0.2) is 53.3 Å². The zero-order valence-corrected chi connectivity index (χ0v) is 14.1. The first-order chi connectivity index (χ1) is 11.7. The van der Waals surface area contributed by atoms with Crippen LogP contribution in [-0.4, -0.2) is 34.9 Å². The summed E-state index contributed by atoms with van der Waals surface area (Å²) in [6, 6.07) is 15.1. The molecule has 0 aliphatic carbocycles. The Kier molecular flexibility index (Phi) is 4.83. The van der Waals surface area contributed by atoms with E-state index < -0.39 is 0 Å². The van der Waals surface area contributed by atoms with Gasteiger partial charge in [-0.3, -0.25) is 4.57 Å². The van der Waals surface area contributed by atoms with Crippen molar-refractivity contribution < 1.29 is 5.11 Å². The van der Waals surface area contributed by atoms with Gasteiger partial charge in [-0.1, -0.05) is 29.8 Å². The SMILES string of the molecule is CO.O=c1nc(N2CCC2)c2ccc(Cl)cc2n1-c1ccccc1. The van der Waals surface area contributed by atoms with Gasteiger partial charge in [0.25, 0.3) is 0 Å².